The predicted octanol–water partition coefficient (Wildman–Crippen LogP) is 3.56. The fourth-order valence-electron chi connectivity index (χ4n) is 1.98. The molecule has 0 bridgehead atoms. The Morgan fingerprint density at radius 1 is 1.33 bits per heavy atom. The molecule has 18 heavy (non-hydrogen) atoms. The van der Waals surface area contributed by atoms with Gasteiger partial charge in [0, 0.05) is 12.1 Å². The van der Waals surface area contributed by atoms with Crippen LogP contribution in [0.2, 0.25) is 0 Å². The van der Waals surface area contributed by atoms with Gasteiger partial charge >= 0.3 is 0 Å². The fourth-order valence-corrected chi connectivity index (χ4v) is 2.66. The maximum atomic E-state index is 12.8. The number of nitrogens with zero attached hydrogens (tertiary/aromatic N) is 1. The highest BCUT2D eigenvalue weighted by molar-refractivity contribution is 7.07. The van der Waals surface area contributed by atoms with Crippen molar-refractivity contribution < 1.29 is 4.39 Å². The summed E-state index contributed by atoms with van der Waals surface area (Å²) in [6.07, 6.45) is 2.26. The Morgan fingerprint density at radius 3 is 2.78 bits per heavy atom. The van der Waals surface area contributed by atoms with Gasteiger partial charge in [-0.3, -0.25) is 4.98 Å². The number of thiophene rings is 1. The van der Waals surface area contributed by atoms with Crippen LogP contribution in [0.5, 0.6) is 0 Å². The average Bonchev–Trinajstić information content (AvgIpc) is 2.82. The average molecular weight is 264 g/mol. The molecule has 2 heterocycles. The molecule has 2 aromatic rings. The number of hydrogen-bond acceptors (Lipinski definition) is 3. The van der Waals surface area contributed by atoms with Gasteiger partial charge in [-0.15, -0.1) is 0 Å². The molecule has 0 aliphatic rings. The Kier molecular flexibility index (Phi) is 4.44. The molecule has 2 nitrogen and oxygen atoms in total. The largest absolute Gasteiger partial charge is 0.306 e. The van der Waals surface area contributed by atoms with Crippen molar-refractivity contribution in [2.45, 2.75) is 32.4 Å². The van der Waals surface area contributed by atoms with E-state index in [1.165, 1.54) is 17.8 Å². The first-order chi connectivity index (χ1) is 8.65. The summed E-state index contributed by atoms with van der Waals surface area (Å²) in [5, 5.41) is 7.73. The lowest BCUT2D eigenvalue weighted by molar-refractivity contribution is 0.469. The first-order valence-corrected chi connectivity index (χ1v) is 6.98. The summed E-state index contributed by atoms with van der Waals surface area (Å²) in [5.74, 6) is -0.294. The number of halogens is 1. The van der Waals surface area contributed by atoms with Crippen LogP contribution < -0.4 is 5.32 Å². The third-order valence-electron chi connectivity index (χ3n) is 2.85. The molecule has 0 aromatic carbocycles. The minimum Gasteiger partial charge on any atom is -0.306 e. The summed E-state index contributed by atoms with van der Waals surface area (Å²) in [5.41, 5.74) is 2.22. The minimum atomic E-state index is -0.294. The number of aromatic nitrogens is 1. The summed E-state index contributed by atoms with van der Waals surface area (Å²) in [6.45, 7) is 4.20. The number of hydrogen-bond donors (Lipinski definition) is 1. The van der Waals surface area contributed by atoms with Crippen LogP contribution in [0.4, 0.5) is 4.39 Å². The molecule has 2 atom stereocenters. The van der Waals surface area contributed by atoms with Crippen molar-refractivity contribution >= 4 is 11.3 Å². The van der Waals surface area contributed by atoms with Crippen molar-refractivity contribution in [3.63, 3.8) is 0 Å². The maximum absolute atomic E-state index is 12.8. The predicted molar refractivity (Wildman–Crippen MR) is 73.2 cm³/mol. The van der Waals surface area contributed by atoms with E-state index < -0.39 is 0 Å². The van der Waals surface area contributed by atoms with Crippen LogP contribution in [0, 0.1) is 5.82 Å². The lowest BCUT2D eigenvalue weighted by Gasteiger charge is -2.19. The van der Waals surface area contributed by atoms with Crippen LogP contribution in [0.1, 0.15) is 31.1 Å². The molecule has 0 aliphatic carbocycles. The standard InChI is InChI=1S/C14H17FN2S/c1-10(7-12-5-6-18-9-12)17-11(2)14-4-3-13(15)8-16-14/h3-6,8-11,17H,7H2,1-2H3. The van der Waals surface area contributed by atoms with Gasteiger partial charge in [0.15, 0.2) is 0 Å². The smallest absolute Gasteiger partial charge is 0.141 e. The van der Waals surface area contributed by atoms with Crippen molar-refractivity contribution in [3.05, 3.63) is 52.2 Å². The quantitative estimate of drug-likeness (QED) is 0.893. The summed E-state index contributed by atoms with van der Waals surface area (Å²) >= 11 is 1.72. The van der Waals surface area contributed by atoms with Crippen molar-refractivity contribution in [2.75, 3.05) is 0 Å². The molecular weight excluding hydrogens is 247 g/mol. The molecule has 1 N–H and O–H groups in total. The lowest BCUT2D eigenvalue weighted by Crippen LogP contribution is -2.31. The van der Waals surface area contributed by atoms with E-state index >= 15 is 0 Å². The van der Waals surface area contributed by atoms with Crippen LogP contribution in [0.15, 0.2) is 35.2 Å². The van der Waals surface area contributed by atoms with E-state index in [4.69, 9.17) is 0 Å². The van der Waals surface area contributed by atoms with Gasteiger partial charge < -0.3 is 5.32 Å². The maximum Gasteiger partial charge on any atom is 0.141 e. The SMILES string of the molecule is CC(Cc1ccsc1)NC(C)c1ccc(F)cn1. The van der Waals surface area contributed by atoms with E-state index in [2.05, 4.69) is 34.1 Å². The molecule has 4 heteroatoms. The Morgan fingerprint density at radius 2 is 2.17 bits per heavy atom. The Bertz CT molecular complexity index is 467. The van der Waals surface area contributed by atoms with Crippen molar-refractivity contribution in [2.24, 2.45) is 0 Å². The Labute approximate surface area is 111 Å². The second-order valence-corrected chi connectivity index (χ2v) is 5.31. The van der Waals surface area contributed by atoms with E-state index in [0.29, 0.717) is 6.04 Å². The van der Waals surface area contributed by atoms with Crippen molar-refractivity contribution in [1.82, 2.24) is 10.3 Å². The highest BCUT2D eigenvalue weighted by Crippen LogP contribution is 2.13. The zero-order chi connectivity index (χ0) is 13.0. The highest BCUT2D eigenvalue weighted by atomic mass is 32.1. The number of pyridine rings is 1. The van der Waals surface area contributed by atoms with E-state index in [1.807, 2.05) is 6.92 Å². The van der Waals surface area contributed by atoms with Gasteiger partial charge in [-0.1, -0.05) is 0 Å². The molecule has 2 unspecified atom stereocenters. The molecule has 96 valence electrons. The molecular formula is C14H17FN2S. The molecule has 2 rings (SSSR count). The second kappa shape index (κ2) is 6.07. The Balaban J connectivity index is 1.90. The van der Waals surface area contributed by atoms with Crippen molar-refractivity contribution in [3.8, 4) is 0 Å². The van der Waals surface area contributed by atoms with E-state index in [-0.39, 0.29) is 11.9 Å². The number of nitrogens with one attached hydrogen (secondary N) is 1. The van der Waals surface area contributed by atoms with E-state index in [9.17, 15) is 4.39 Å². The van der Waals surface area contributed by atoms with Gasteiger partial charge in [0.05, 0.1) is 11.9 Å². The van der Waals surface area contributed by atoms with Gasteiger partial charge in [-0.2, -0.15) is 11.3 Å². The molecule has 0 saturated carbocycles. The molecule has 0 radical (unpaired) electrons. The van der Waals surface area contributed by atoms with Gasteiger partial charge in [-0.25, -0.2) is 4.39 Å². The lowest BCUT2D eigenvalue weighted by atomic mass is 10.1. The highest BCUT2D eigenvalue weighted by Gasteiger charge is 2.11. The topological polar surface area (TPSA) is 24.9 Å². The zero-order valence-corrected chi connectivity index (χ0v) is 11.4. The minimum absolute atomic E-state index is 0.124. The van der Waals surface area contributed by atoms with Crippen LogP contribution in [-0.2, 0) is 6.42 Å². The third-order valence-corrected chi connectivity index (χ3v) is 3.58. The van der Waals surface area contributed by atoms with Gasteiger partial charge in [-0.05, 0) is 54.8 Å². The number of rotatable bonds is 5. The molecule has 2 aromatic heterocycles. The zero-order valence-electron chi connectivity index (χ0n) is 10.6. The second-order valence-electron chi connectivity index (χ2n) is 4.53. The van der Waals surface area contributed by atoms with Crippen LogP contribution in [0.25, 0.3) is 0 Å². The molecule has 0 saturated heterocycles. The van der Waals surface area contributed by atoms with Crippen molar-refractivity contribution in [1.29, 1.82) is 0 Å². The van der Waals surface area contributed by atoms with Gasteiger partial charge in [0.1, 0.15) is 5.82 Å². The molecule has 0 aliphatic heterocycles. The van der Waals surface area contributed by atoms with Crippen LogP contribution in [-0.4, -0.2) is 11.0 Å². The van der Waals surface area contributed by atoms with Crippen LogP contribution in [0.3, 0.4) is 0 Å². The monoisotopic (exact) mass is 264 g/mol. The van der Waals surface area contributed by atoms with E-state index in [1.54, 1.807) is 17.4 Å². The summed E-state index contributed by atoms with van der Waals surface area (Å²) in [7, 11) is 0. The Hall–Kier alpha value is -1.26. The van der Waals surface area contributed by atoms with E-state index in [0.717, 1.165) is 12.1 Å². The summed E-state index contributed by atoms with van der Waals surface area (Å²) in [4.78, 5) is 4.09. The molecule has 0 amide bonds. The summed E-state index contributed by atoms with van der Waals surface area (Å²) < 4.78 is 12.8. The first kappa shape index (κ1) is 13.2. The first-order valence-electron chi connectivity index (χ1n) is 6.03. The van der Waals surface area contributed by atoms with Crippen LogP contribution >= 0.6 is 11.3 Å². The van der Waals surface area contributed by atoms with Gasteiger partial charge in [0.2, 0.25) is 0 Å². The van der Waals surface area contributed by atoms with Gasteiger partial charge in [0.25, 0.3) is 0 Å². The fraction of sp³-hybridized carbons (Fsp3) is 0.357. The molecule has 0 fully saturated rings. The molecule has 0 spiro atoms. The summed E-state index contributed by atoms with van der Waals surface area (Å²) in [6, 6.07) is 5.80. The third kappa shape index (κ3) is 3.62. The normalized spacial score (nSPS) is 14.4.